The predicted molar refractivity (Wildman–Crippen MR) is 89.7 cm³/mol. The molecule has 2 aliphatic heterocycles. The van der Waals surface area contributed by atoms with Gasteiger partial charge in [0.2, 0.25) is 5.91 Å². The van der Waals surface area contributed by atoms with E-state index in [0.29, 0.717) is 37.9 Å². The maximum absolute atomic E-state index is 12.5. The number of benzene rings is 1. The Morgan fingerprint density at radius 1 is 1.23 bits per heavy atom. The first-order chi connectivity index (χ1) is 12.3. The van der Waals surface area contributed by atoms with Crippen LogP contribution >= 0.6 is 0 Å². The molecular weight excluding hydrogens is 347 g/mol. The first-order valence-corrected chi connectivity index (χ1v) is 8.77. The van der Waals surface area contributed by atoms with E-state index in [9.17, 15) is 22.8 Å². The Morgan fingerprint density at radius 3 is 2.77 bits per heavy atom. The number of halogens is 3. The Kier molecular flexibility index (Phi) is 5.50. The maximum Gasteiger partial charge on any atom is 0.401 e. The fraction of sp³-hybridized carbons (Fsp3) is 0.556. The average molecular weight is 369 g/mol. The lowest BCUT2D eigenvalue weighted by Gasteiger charge is -2.34. The molecule has 8 heteroatoms. The summed E-state index contributed by atoms with van der Waals surface area (Å²) < 4.78 is 37.6. The highest BCUT2D eigenvalue weighted by Gasteiger charge is 2.33. The van der Waals surface area contributed by atoms with Crippen LogP contribution in [0, 0.1) is 0 Å². The van der Waals surface area contributed by atoms with Crippen LogP contribution in [0.4, 0.5) is 13.2 Å². The van der Waals surface area contributed by atoms with Gasteiger partial charge in [0.05, 0.1) is 13.1 Å². The standard InChI is InChI=1S/C18H22F3N3O2/c19-18(20,21)12-23-8-3-5-14(10-23)22-16(25)11-24-9-7-13-4-1-2-6-15(13)17(24)26/h1-2,4,6,14H,3,5,7-12H2,(H,22,25). The molecule has 1 atom stereocenters. The van der Waals surface area contributed by atoms with Gasteiger partial charge in [-0.1, -0.05) is 18.2 Å². The third-order valence-electron chi connectivity index (χ3n) is 4.79. The number of rotatable bonds is 4. The smallest absolute Gasteiger partial charge is 0.351 e. The summed E-state index contributed by atoms with van der Waals surface area (Å²) in [5.74, 6) is -0.499. The summed E-state index contributed by atoms with van der Waals surface area (Å²) in [4.78, 5) is 27.6. The van der Waals surface area contributed by atoms with Crippen LogP contribution in [0.1, 0.15) is 28.8 Å². The first kappa shape index (κ1) is 18.7. The molecule has 2 amide bonds. The van der Waals surface area contributed by atoms with Gasteiger partial charge in [-0.25, -0.2) is 0 Å². The van der Waals surface area contributed by atoms with E-state index in [-0.39, 0.29) is 30.9 Å². The molecule has 1 unspecified atom stereocenters. The number of hydrogen-bond acceptors (Lipinski definition) is 3. The van der Waals surface area contributed by atoms with Crippen molar-refractivity contribution in [3.8, 4) is 0 Å². The SMILES string of the molecule is O=C(CN1CCc2ccccc2C1=O)NC1CCCN(CC(F)(F)F)C1. The van der Waals surface area contributed by atoms with Crippen molar-refractivity contribution in [3.05, 3.63) is 35.4 Å². The van der Waals surface area contributed by atoms with Crippen LogP contribution < -0.4 is 5.32 Å². The van der Waals surface area contributed by atoms with Gasteiger partial charge in [-0.2, -0.15) is 13.2 Å². The maximum atomic E-state index is 12.5. The summed E-state index contributed by atoms with van der Waals surface area (Å²) in [7, 11) is 0. The van der Waals surface area contributed by atoms with E-state index >= 15 is 0 Å². The summed E-state index contributed by atoms with van der Waals surface area (Å²) in [5.41, 5.74) is 1.59. The summed E-state index contributed by atoms with van der Waals surface area (Å²) in [6.07, 6.45) is -2.29. The number of piperidine rings is 1. The van der Waals surface area contributed by atoms with Gasteiger partial charge >= 0.3 is 6.18 Å². The summed E-state index contributed by atoms with van der Waals surface area (Å²) in [6, 6.07) is 7.01. The Bertz CT molecular complexity index is 678. The molecule has 142 valence electrons. The number of alkyl halides is 3. The summed E-state index contributed by atoms with van der Waals surface area (Å²) in [6.45, 7) is 0.00708. The van der Waals surface area contributed by atoms with Gasteiger partial charge in [0.25, 0.3) is 5.91 Å². The van der Waals surface area contributed by atoms with E-state index < -0.39 is 12.7 Å². The van der Waals surface area contributed by atoms with Crippen molar-refractivity contribution in [1.82, 2.24) is 15.1 Å². The normalized spacial score (nSPS) is 21.4. The molecule has 0 saturated carbocycles. The van der Waals surface area contributed by atoms with Gasteiger partial charge < -0.3 is 10.2 Å². The lowest BCUT2D eigenvalue weighted by molar-refractivity contribution is -0.148. The Balaban J connectivity index is 1.52. The van der Waals surface area contributed by atoms with Crippen molar-refractivity contribution in [2.45, 2.75) is 31.5 Å². The van der Waals surface area contributed by atoms with E-state index in [1.54, 1.807) is 12.1 Å². The van der Waals surface area contributed by atoms with Crippen LogP contribution in [0.25, 0.3) is 0 Å². The van der Waals surface area contributed by atoms with E-state index in [1.165, 1.54) is 9.80 Å². The Labute approximate surface area is 150 Å². The van der Waals surface area contributed by atoms with Crippen LogP contribution in [0.15, 0.2) is 24.3 Å². The van der Waals surface area contributed by atoms with Gasteiger partial charge in [0.15, 0.2) is 0 Å². The average Bonchev–Trinajstić information content (AvgIpc) is 2.56. The highest BCUT2D eigenvalue weighted by molar-refractivity contribution is 5.98. The highest BCUT2D eigenvalue weighted by Crippen LogP contribution is 2.20. The van der Waals surface area contributed by atoms with Crippen molar-refractivity contribution in [2.75, 3.05) is 32.7 Å². The first-order valence-electron chi connectivity index (χ1n) is 8.77. The van der Waals surface area contributed by atoms with Crippen molar-refractivity contribution in [3.63, 3.8) is 0 Å². The molecule has 2 heterocycles. The molecule has 3 rings (SSSR count). The van der Waals surface area contributed by atoms with Crippen LogP contribution in [0.2, 0.25) is 0 Å². The Morgan fingerprint density at radius 2 is 2.00 bits per heavy atom. The van der Waals surface area contributed by atoms with Gasteiger partial charge in [-0.05, 0) is 37.4 Å². The molecule has 0 bridgehead atoms. The molecular formula is C18H22F3N3O2. The van der Waals surface area contributed by atoms with E-state index in [2.05, 4.69) is 5.32 Å². The van der Waals surface area contributed by atoms with Crippen LogP contribution in [0.5, 0.6) is 0 Å². The van der Waals surface area contributed by atoms with Crippen molar-refractivity contribution >= 4 is 11.8 Å². The minimum absolute atomic E-state index is 0.0665. The largest absolute Gasteiger partial charge is 0.401 e. The second-order valence-electron chi connectivity index (χ2n) is 6.89. The molecule has 1 fully saturated rings. The summed E-state index contributed by atoms with van der Waals surface area (Å²) in [5, 5.41) is 2.78. The van der Waals surface area contributed by atoms with Crippen LogP contribution in [-0.2, 0) is 11.2 Å². The molecule has 0 spiro atoms. The highest BCUT2D eigenvalue weighted by atomic mass is 19.4. The molecule has 2 aliphatic rings. The molecule has 5 nitrogen and oxygen atoms in total. The number of carbonyl (C=O) groups is 2. The second-order valence-corrected chi connectivity index (χ2v) is 6.89. The molecule has 1 N–H and O–H groups in total. The lowest BCUT2D eigenvalue weighted by atomic mass is 9.99. The number of nitrogens with zero attached hydrogens (tertiary/aromatic N) is 2. The third-order valence-corrected chi connectivity index (χ3v) is 4.79. The molecule has 26 heavy (non-hydrogen) atoms. The number of hydrogen-bond donors (Lipinski definition) is 1. The number of fused-ring (bicyclic) bond motifs is 1. The molecule has 1 saturated heterocycles. The molecule has 0 radical (unpaired) electrons. The van der Waals surface area contributed by atoms with E-state index in [0.717, 1.165) is 5.56 Å². The zero-order valence-corrected chi connectivity index (χ0v) is 14.4. The molecule has 1 aromatic carbocycles. The van der Waals surface area contributed by atoms with Crippen molar-refractivity contribution in [1.29, 1.82) is 0 Å². The zero-order chi connectivity index (χ0) is 18.7. The van der Waals surface area contributed by atoms with Crippen LogP contribution in [0.3, 0.4) is 0 Å². The van der Waals surface area contributed by atoms with Crippen LogP contribution in [-0.4, -0.2) is 66.6 Å². The molecule has 1 aromatic rings. The van der Waals surface area contributed by atoms with Gasteiger partial charge in [0, 0.05) is 24.7 Å². The monoisotopic (exact) mass is 369 g/mol. The lowest BCUT2D eigenvalue weighted by Crippen LogP contribution is -2.52. The topological polar surface area (TPSA) is 52.7 Å². The van der Waals surface area contributed by atoms with Gasteiger partial charge in [-0.3, -0.25) is 14.5 Å². The van der Waals surface area contributed by atoms with Crippen molar-refractivity contribution < 1.29 is 22.8 Å². The number of likely N-dealkylation sites (tertiary alicyclic amines) is 1. The quantitative estimate of drug-likeness (QED) is 0.881. The minimum atomic E-state index is -4.24. The fourth-order valence-corrected chi connectivity index (χ4v) is 3.64. The van der Waals surface area contributed by atoms with E-state index in [4.69, 9.17) is 0 Å². The number of nitrogens with one attached hydrogen (secondary N) is 1. The third kappa shape index (κ3) is 4.75. The number of amides is 2. The Hall–Kier alpha value is -2.09. The van der Waals surface area contributed by atoms with Gasteiger partial charge in [-0.15, -0.1) is 0 Å². The summed E-state index contributed by atoms with van der Waals surface area (Å²) >= 11 is 0. The minimum Gasteiger partial charge on any atom is -0.351 e. The molecule has 0 aromatic heterocycles. The van der Waals surface area contributed by atoms with Crippen molar-refractivity contribution in [2.24, 2.45) is 0 Å². The van der Waals surface area contributed by atoms with Gasteiger partial charge in [0.1, 0.15) is 0 Å². The number of carbonyl (C=O) groups excluding carboxylic acids is 2. The molecule has 0 aliphatic carbocycles. The fourth-order valence-electron chi connectivity index (χ4n) is 3.64. The van der Waals surface area contributed by atoms with E-state index in [1.807, 2.05) is 12.1 Å². The second kappa shape index (κ2) is 7.65. The zero-order valence-electron chi connectivity index (χ0n) is 14.4. The predicted octanol–water partition coefficient (Wildman–Crippen LogP) is 1.83.